The molecule has 0 bridgehead atoms. The average Bonchev–Trinajstić information content (AvgIpc) is 3.32. The Morgan fingerprint density at radius 1 is 1.04 bits per heavy atom. The second-order valence-electron chi connectivity index (χ2n) is 7.05. The van der Waals surface area contributed by atoms with E-state index in [1.54, 1.807) is 41.3 Å². The van der Waals surface area contributed by atoms with Gasteiger partial charge in [-0.1, -0.05) is 0 Å². The van der Waals surface area contributed by atoms with Crippen LogP contribution < -0.4 is 5.32 Å². The summed E-state index contributed by atoms with van der Waals surface area (Å²) in [5.41, 5.74) is 2.11. The van der Waals surface area contributed by atoms with E-state index >= 15 is 0 Å². The monoisotopic (exact) mass is 408 g/mol. The molecular weight excluding hydrogens is 388 g/mol. The van der Waals surface area contributed by atoms with Crippen molar-refractivity contribution in [2.24, 2.45) is 0 Å². The zero-order valence-corrected chi connectivity index (χ0v) is 17.4. The molecule has 4 heterocycles. The number of fused-ring (bicyclic) bond motifs is 3. The number of aryl methyl sites for hydroxylation is 3. The van der Waals surface area contributed by atoms with Crippen molar-refractivity contribution in [2.45, 2.75) is 45.6 Å². The molecule has 1 unspecified atom stereocenters. The van der Waals surface area contributed by atoms with Gasteiger partial charge in [0.15, 0.2) is 5.82 Å². The summed E-state index contributed by atoms with van der Waals surface area (Å²) in [6.07, 6.45) is 11.7. The van der Waals surface area contributed by atoms with Gasteiger partial charge >= 0.3 is 0 Å². The van der Waals surface area contributed by atoms with Gasteiger partial charge in [-0.2, -0.15) is 0 Å². The van der Waals surface area contributed by atoms with E-state index in [0.29, 0.717) is 11.5 Å². The topological polar surface area (TPSA) is 76.5 Å². The summed E-state index contributed by atoms with van der Waals surface area (Å²) < 4.78 is 0. The molecule has 5 rings (SSSR count). The standard InChI is InChI=1S/C20H20N6S2/c1-11-9-23-19(27-11)12(2)24-18-16-13-5-3-4-6-15(13)28-20(16)26-17(25-18)14-10-21-7-8-22-14/h7-10,12H,3-6H2,1-2H3,(H,24,25,26). The van der Waals surface area contributed by atoms with Gasteiger partial charge in [0.05, 0.1) is 17.6 Å². The maximum atomic E-state index is 4.88. The SMILES string of the molecule is Cc1cnc(C(C)Nc2nc(-c3cnccn3)nc3sc4c(c23)CCCC4)s1. The summed E-state index contributed by atoms with van der Waals surface area (Å²) >= 11 is 3.51. The minimum atomic E-state index is 0.0747. The second-order valence-corrected chi connectivity index (χ2v) is 9.40. The molecule has 1 atom stereocenters. The van der Waals surface area contributed by atoms with Gasteiger partial charge in [0.25, 0.3) is 0 Å². The molecule has 0 aromatic carbocycles. The molecule has 0 saturated carbocycles. The zero-order chi connectivity index (χ0) is 19.1. The highest BCUT2D eigenvalue weighted by Gasteiger charge is 2.23. The molecule has 0 spiro atoms. The van der Waals surface area contributed by atoms with Crippen molar-refractivity contribution in [3.05, 3.63) is 45.1 Å². The van der Waals surface area contributed by atoms with E-state index in [4.69, 9.17) is 9.97 Å². The predicted octanol–water partition coefficient (Wildman–Crippen LogP) is 4.97. The minimum absolute atomic E-state index is 0.0747. The van der Waals surface area contributed by atoms with Gasteiger partial charge < -0.3 is 5.32 Å². The molecule has 4 aromatic heterocycles. The van der Waals surface area contributed by atoms with Crippen LogP contribution in [0.4, 0.5) is 5.82 Å². The van der Waals surface area contributed by atoms with Crippen LogP contribution in [0.2, 0.25) is 0 Å². The summed E-state index contributed by atoms with van der Waals surface area (Å²) in [7, 11) is 0. The molecule has 142 valence electrons. The first-order valence-electron chi connectivity index (χ1n) is 9.46. The Hall–Kier alpha value is -2.45. The lowest BCUT2D eigenvalue weighted by atomic mass is 9.97. The Bertz CT molecular complexity index is 1130. The Morgan fingerprint density at radius 3 is 2.71 bits per heavy atom. The Kier molecular flexibility index (Phi) is 4.52. The van der Waals surface area contributed by atoms with Crippen LogP contribution in [0.3, 0.4) is 0 Å². The van der Waals surface area contributed by atoms with Crippen molar-refractivity contribution in [3.8, 4) is 11.5 Å². The summed E-state index contributed by atoms with van der Waals surface area (Å²) in [5, 5.41) is 5.85. The fraction of sp³-hybridized carbons (Fsp3) is 0.350. The van der Waals surface area contributed by atoms with Gasteiger partial charge in [-0.25, -0.2) is 19.9 Å². The molecule has 0 radical (unpaired) electrons. The molecule has 0 fully saturated rings. The number of nitrogens with one attached hydrogen (secondary N) is 1. The van der Waals surface area contributed by atoms with Crippen LogP contribution in [0.5, 0.6) is 0 Å². The maximum Gasteiger partial charge on any atom is 0.183 e. The molecule has 1 aliphatic rings. The highest BCUT2D eigenvalue weighted by molar-refractivity contribution is 7.19. The molecular formula is C20H20N6S2. The molecule has 6 nitrogen and oxygen atoms in total. The molecule has 4 aromatic rings. The van der Waals surface area contributed by atoms with Crippen molar-refractivity contribution in [2.75, 3.05) is 5.32 Å². The molecule has 0 aliphatic heterocycles. The Labute approximate surface area is 171 Å². The molecule has 0 saturated heterocycles. The fourth-order valence-electron chi connectivity index (χ4n) is 3.63. The number of thiazole rings is 1. The van der Waals surface area contributed by atoms with E-state index in [2.05, 4.69) is 34.1 Å². The number of aromatic nitrogens is 5. The van der Waals surface area contributed by atoms with Gasteiger partial charge in [0, 0.05) is 28.3 Å². The Morgan fingerprint density at radius 2 is 1.93 bits per heavy atom. The number of rotatable bonds is 4. The van der Waals surface area contributed by atoms with E-state index in [0.717, 1.165) is 28.5 Å². The fourth-order valence-corrected chi connectivity index (χ4v) is 5.67. The summed E-state index contributed by atoms with van der Waals surface area (Å²) in [5.74, 6) is 1.50. The second kappa shape index (κ2) is 7.18. The highest BCUT2D eigenvalue weighted by atomic mass is 32.1. The quantitative estimate of drug-likeness (QED) is 0.514. The van der Waals surface area contributed by atoms with Crippen molar-refractivity contribution < 1.29 is 0 Å². The van der Waals surface area contributed by atoms with Gasteiger partial charge in [-0.15, -0.1) is 22.7 Å². The summed E-state index contributed by atoms with van der Waals surface area (Å²) in [6.45, 7) is 4.21. The van der Waals surface area contributed by atoms with E-state index in [1.165, 1.54) is 33.5 Å². The first-order valence-corrected chi connectivity index (χ1v) is 11.1. The van der Waals surface area contributed by atoms with Crippen LogP contribution >= 0.6 is 22.7 Å². The minimum Gasteiger partial charge on any atom is -0.360 e. The largest absolute Gasteiger partial charge is 0.360 e. The predicted molar refractivity (Wildman–Crippen MR) is 114 cm³/mol. The maximum absolute atomic E-state index is 4.88. The molecule has 8 heteroatoms. The summed E-state index contributed by atoms with van der Waals surface area (Å²) in [4.78, 5) is 26.5. The van der Waals surface area contributed by atoms with Crippen molar-refractivity contribution in [1.29, 1.82) is 0 Å². The Balaban J connectivity index is 1.65. The van der Waals surface area contributed by atoms with Crippen molar-refractivity contribution in [3.63, 3.8) is 0 Å². The third-order valence-corrected chi connectivity index (χ3v) is 7.25. The number of thiophene rings is 1. The average molecular weight is 409 g/mol. The van der Waals surface area contributed by atoms with Gasteiger partial charge in [-0.05, 0) is 45.1 Å². The molecule has 1 N–H and O–H groups in total. The molecule has 1 aliphatic carbocycles. The lowest BCUT2D eigenvalue weighted by Crippen LogP contribution is -2.10. The van der Waals surface area contributed by atoms with Crippen LogP contribution in [-0.4, -0.2) is 24.9 Å². The van der Waals surface area contributed by atoms with Crippen LogP contribution in [-0.2, 0) is 12.8 Å². The lowest BCUT2D eigenvalue weighted by molar-refractivity contribution is 0.700. The first-order chi connectivity index (χ1) is 13.7. The van der Waals surface area contributed by atoms with Gasteiger partial charge in [0.1, 0.15) is 21.3 Å². The number of nitrogens with zero attached hydrogens (tertiary/aromatic N) is 5. The first kappa shape index (κ1) is 17.6. The van der Waals surface area contributed by atoms with Crippen LogP contribution in [0.15, 0.2) is 24.8 Å². The van der Waals surface area contributed by atoms with E-state index in [1.807, 2.05) is 6.20 Å². The molecule has 0 amide bonds. The van der Waals surface area contributed by atoms with Crippen molar-refractivity contribution >= 4 is 38.7 Å². The van der Waals surface area contributed by atoms with Crippen LogP contribution in [0.1, 0.15) is 46.1 Å². The smallest absolute Gasteiger partial charge is 0.183 e. The van der Waals surface area contributed by atoms with E-state index in [9.17, 15) is 0 Å². The zero-order valence-electron chi connectivity index (χ0n) is 15.8. The third kappa shape index (κ3) is 3.16. The van der Waals surface area contributed by atoms with E-state index < -0.39 is 0 Å². The van der Waals surface area contributed by atoms with Crippen LogP contribution in [0, 0.1) is 6.92 Å². The summed E-state index contributed by atoms with van der Waals surface area (Å²) in [6, 6.07) is 0.0747. The third-order valence-electron chi connectivity index (χ3n) is 4.97. The number of hydrogen-bond acceptors (Lipinski definition) is 8. The lowest BCUT2D eigenvalue weighted by Gasteiger charge is -2.16. The normalized spacial score (nSPS) is 14.8. The van der Waals surface area contributed by atoms with E-state index in [-0.39, 0.29) is 6.04 Å². The number of hydrogen-bond donors (Lipinski definition) is 1. The molecule has 28 heavy (non-hydrogen) atoms. The van der Waals surface area contributed by atoms with Crippen molar-refractivity contribution in [1.82, 2.24) is 24.9 Å². The van der Waals surface area contributed by atoms with Gasteiger partial charge in [0.2, 0.25) is 0 Å². The number of anilines is 1. The van der Waals surface area contributed by atoms with Gasteiger partial charge in [-0.3, -0.25) is 4.98 Å². The van der Waals surface area contributed by atoms with Crippen LogP contribution in [0.25, 0.3) is 21.7 Å². The highest BCUT2D eigenvalue weighted by Crippen LogP contribution is 2.40.